The van der Waals surface area contributed by atoms with E-state index in [4.69, 9.17) is 15.6 Å². The fourth-order valence-electron chi connectivity index (χ4n) is 2.17. The number of nitrogens with two attached hydrogens (primary N) is 1. The summed E-state index contributed by atoms with van der Waals surface area (Å²) in [5.41, 5.74) is 5.44. The predicted octanol–water partition coefficient (Wildman–Crippen LogP) is 0.739. The molecule has 3 N–H and O–H groups in total. The smallest absolute Gasteiger partial charge is 0.407 e. The Labute approximate surface area is 90.2 Å². The van der Waals surface area contributed by atoms with Crippen LogP contribution in [0, 0.1) is 5.41 Å². The van der Waals surface area contributed by atoms with Crippen LogP contribution in [0.25, 0.3) is 0 Å². The molecular weight excluding hydrogens is 196 g/mol. The second kappa shape index (κ2) is 4.37. The van der Waals surface area contributed by atoms with Crippen molar-refractivity contribution >= 4 is 6.09 Å². The monoisotopic (exact) mass is 216 g/mol. The van der Waals surface area contributed by atoms with E-state index in [1.165, 1.54) is 4.90 Å². The fourth-order valence-corrected chi connectivity index (χ4v) is 2.17. The molecule has 5 nitrogen and oxygen atoms in total. The average molecular weight is 216 g/mol. The van der Waals surface area contributed by atoms with Crippen LogP contribution in [0.4, 0.5) is 4.79 Å². The van der Waals surface area contributed by atoms with Crippen LogP contribution in [0.3, 0.4) is 0 Å². The molecule has 1 fully saturated rings. The van der Waals surface area contributed by atoms with E-state index < -0.39 is 6.09 Å². The molecule has 0 radical (unpaired) electrons. The molecule has 0 aromatic heterocycles. The van der Waals surface area contributed by atoms with E-state index in [-0.39, 0.29) is 17.6 Å². The number of morpholine rings is 1. The quantitative estimate of drug-likeness (QED) is 0.677. The highest BCUT2D eigenvalue weighted by atomic mass is 16.5. The highest BCUT2D eigenvalue weighted by Gasteiger charge is 2.41. The van der Waals surface area contributed by atoms with Gasteiger partial charge in [0.25, 0.3) is 0 Å². The SMILES string of the molecule is CC(C)(C)C1C(CN)OCCN1C(=O)O. The largest absolute Gasteiger partial charge is 0.465 e. The van der Waals surface area contributed by atoms with Crippen molar-refractivity contribution in [3.63, 3.8) is 0 Å². The minimum atomic E-state index is -0.892. The summed E-state index contributed by atoms with van der Waals surface area (Å²) in [6, 6.07) is -0.172. The second-order valence-electron chi connectivity index (χ2n) is 4.93. The molecule has 1 amide bonds. The van der Waals surface area contributed by atoms with E-state index in [1.54, 1.807) is 0 Å². The molecule has 0 aromatic rings. The van der Waals surface area contributed by atoms with Crippen LogP contribution in [0.5, 0.6) is 0 Å². The maximum absolute atomic E-state index is 11.1. The summed E-state index contributed by atoms with van der Waals surface area (Å²) in [7, 11) is 0. The van der Waals surface area contributed by atoms with Crippen molar-refractivity contribution in [2.45, 2.75) is 32.9 Å². The van der Waals surface area contributed by atoms with E-state index in [0.717, 1.165) is 0 Å². The molecule has 15 heavy (non-hydrogen) atoms. The predicted molar refractivity (Wildman–Crippen MR) is 56.8 cm³/mol. The maximum atomic E-state index is 11.1. The molecule has 2 atom stereocenters. The Morgan fingerprint density at radius 1 is 1.60 bits per heavy atom. The summed E-state index contributed by atoms with van der Waals surface area (Å²) in [4.78, 5) is 12.5. The van der Waals surface area contributed by atoms with Crippen LogP contribution in [-0.4, -0.2) is 47.9 Å². The lowest BCUT2D eigenvalue weighted by atomic mass is 9.81. The first kappa shape index (κ1) is 12.3. The van der Waals surface area contributed by atoms with Gasteiger partial charge in [0, 0.05) is 13.1 Å². The molecule has 88 valence electrons. The van der Waals surface area contributed by atoms with Crippen molar-refractivity contribution in [1.29, 1.82) is 0 Å². The van der Waals surface area contributed by atoms with Gasteiger partial charge in [-0.25, -0.2) is 4.79 Å². The van der Waals surface area contributed by atoms with E-state index in [1.807, 2.05) is 20.8 Å². The number of rotatable bonds is 1. The molecule has 0 aliphatic carbocycles. The third kappa shape index (κ3) is 2.60. The number of carbonyl (C=O) groups is 1. The third-order valence-electron chi connectivity index (χ3n) is 2.72. The van der Waals surface area contributed by atoms with Crippen molar-refractivity contribution in [3.05, 3.63) is 0 Å². The molecule has 1 saturated heterocycles. The lowest BCUT2D eigenvalue weighted by Gasteiger charge is -2.46. The topological polar surface area (TPSA) is 75.8 Å². The number of ether oxygens (including phenoxy) is 1. The Bertz CT molecular complexity index is 237. The third-order valence-corrected chi connectivity index (χ3v) is 2.72. The Morgan fingerprint density at radius 3 is 2.60 bits per heavy atom. The highest BCUT2D eigenvalue weighted by molar-refractivity contribution is 5.65. The average Bonchev–Trinajstić information content (AvgIpc) is 2.15. The summed E-state index contributed by atoms with van der Waals surface area (Å²) in [6.07, 6.45) is -1.09. The van der Waals surface area contributed by atoms with Gasteiger partial charge in [0.05, 0.1) is 18.8 Å². The van der Waals surface area contributed by atoms with E-state index in [9.17, 15) is 4.79 Å². The minimum absolute atomic E-state index is 0.164. The summed E-state index contributed by atoms with van der Waals surface area (Å²) in [5.74, 6) is 0. The molecule has 0 aromatic carbocycles. The molecule has 1 aliphatic heterocycles. The van der Waals surface area contributed by atoms with E-state index in [2.05, 4.69) is 0 Å². The van der Waals surface area contributed by atoms with Crippen LogP contribution in [-0.2, 0) is 4.74 Å². The minimum Gasteiger partial charge on any atom is -0.465 e. The van der Waals surface area contributed by atoms with E-state index >= 15 is 0 Å². The normalized spacial score (nSPS) is 27.9. The van der Waals surface area contributed by atoms with Gasteiger partial charge in [0.1, 0.15) is 0 Å². The molecule has 1 aliphatic rings. The fraction of sp³-hybridized carbons (Fsp3) is 0.900. The molecule has 5 heteroatoms. The molecule has 0 spiro atoms. The molecular formula is C10H20N2O3. The van der Waals surface area contributed by atoms with Crippen molar-refractivity contribution in [2.75, 3.05) is 19.7 Å². The zero-order valence-electron chi connectivity index (χ0n) is 9.56. The lowest BCUT2D eigenvalue weighted by Crippen LogP contribution is -2.60. The maximum Gasteiger partial charge on any atom is 0.407 e. The van der Waals surface area contributed by atoms with Crippen molar-refractivity contribution in [1.82, 2.24) is 4.90 Å². The second-order valence-corrected chi connectivity index (χ2v) is 4.93. The summed E-state index contributed by atoms with van der Waals surface area (Å²) >= 11 is 0. The zero-order valence-corrected chi connectivity index (χ0v) is 9.56. The van der Waals surface area contributed by atoms with Gasteiger partial charge in [0.15, 0.2) is 0 Å². The summed E-state index contributed by atoms with van der Waals surface area (Å²) < 4.78 is 5.52. The first-order valence-corrected chi connectivity index (χ1v) is 5.19. The first-order chi connectivity index (χ1) is 6.88. The van der Waals surface area contributed by atoms with Crippen molar-refractivity contribution in [2.24, 2.45) is 11.1 Å². The Kier molecular flexibility index (Phi) is 3.57. The van der Waals surface area contributed by atoms with Gasteiger partial charge in [-0.15, -0.1) is 0 Å². The molecule has 0 bridgehead atoms. The molecule has 1 rings (SSSR count). The van der Waals surface area contributed by atoms with E-state index in [0.29, 0.717) is 19.7 Å². The summed E-state index contributed by atoms with van der Waals surface area (Å²) in [5, 5.41) is 9.11. The Hall–Kier alpha value is -0.810. The lowest BCUT2D eigenvalue weighted by molar-refractivity contribution is -0.0892. The van der Waals surface area contributed by atoms with Crippen LogP contribution >= 0.6 is 0 Å². The van der Waals surface area contributed by atoms with Gasteiger partial charge in [-0.2, -0.15) is 0 Å². The number of hydrogen-bond acceptors (Lipinski definition) is 3. The van der Waals surface area contributed by atoms with Gasteiger partial charge in [-0.3, -0.25) is 4.90 Å². The van der Waals surface area contributed by atoms with Crippen LogP contribution in [0.1, 0.15) is 20.8 Å². The Morgan fingerprint density at radius 2 is 2.20 bits per heavy atom. The number of carboxylic acid groups (broad SMARTS) is 1. The molecule has 2 unspecified atom stereocenters. The molecule has 0 saturated carbocycles. The van der Waals surface area contributed by atoms with Crippen LogP contribution in [0.2, 0.25) is 0 Å². The zero-order chi connectivity index (χ0) is 11.6. The van der Waals surface area contributed by atoms with Gasteiger partial charge >= 0.3 is 6.09 Å². The van der Waals surface area contributed by atoms with Gasteiger partial charge < -0.3 is 15.6 Å². The molecule has 1 heterocycles. The van der Waals surface area contributed by atoms with Crippen LogP contribution in [0.15, 0.2) is 0 Å². The van der Waals surface area contributed by atoms with Crippen LogP contribution < -0.4 is 5.73 Å². The highest BCUT2D eigenvalue weighted by Crippen LogP contribution is 2.30. The van der Waals surface area contributed by atoms with Gasteiger partial charge in [-0.05, 0) is 5.41 Å². The van der Waals surface area contributed by atoms with Crippen molar-refractivity contribution < 1.29 is 14.6 Å². The summed E-state index contributed by atoms with van der Waals surface area (Å²) in [6.45, 7) is 7.22. The number of amides is 1. The first-order valence-electron chi connectivity index (χ1n) is 5.19. The standard InChI is InChI=1S/C10H20N2O3/c1-10(2,3)8-7(6-11)15-5-4-12(8)9(13)14/h7-8H,4-6,11H2,1-3H3,(H,13,14). The number of nitrogens with zero attached hydrogens (tertiary/aromatic N) is 1. The van der Waals surface area contributed by atoms with Gasteiger partial charge in [-0.1, -0.05) is 20.8 Å². The van der Waals surface area contributed by atoms with Crippen molar-refractivity contribution in [3.8, 4) is 0 Å². The van der Waals surface area contributed by atoms with Gasteiger partial charge in [0.2, 0.25) is 0 Å². The number of hydrogen-bond donors (Lipinski definition) is 2. The Balaban J connectivity index is 2.91.